The number of aliphatic hydroxyl groups excluding tert-OH is 1. The van der Waals surface area contributed by atoms with Crippen LogP contribution < -0.4 is 15.3 Å². The van der Waals surface area contributed by atoms with Crippen LogP contribution in [0.25, 0.3) is 11.0 Å². The molecule has 0 radical (unpaired) electrons. The topological polar surface area (TPSA) is 160 Å². The van der Waals surface area contributed by atoms with Crippen LogP contribution in [0.1, 0.15) is 34.0 Å². The highest BCUT2D eigenvalue weighted by atomic mass is 31.2. The Bertz CT molecular complexity index is 1470. The molecule has 0 amide bonds. The molecule has 0 spiro atoms. The first-order chi connectivity index (χ1) is 18.9. The average molecular weight is 578 g/mol. The third kappa shape index (κ3) is 5.68. The third-order valence-corrected chi connectivity index (χ3v) is 8.09. The van der Waals surface area contributed by atoms with E-state index < -0.39 is 50.5 Å². The molecule has 2 aromatic heterocycles. The van der Waals surface area contributed by atoms with Crippen LogP contribution in [0.5, 0.6) is 5.75 Å². The number of para-hydroxylation sites is 1. The summed E-state index contributed by atoms with van der Waals surface area (Å²) in [7, 11) is -3.11. The first kappa shape index (κ1) is 29.5. The van der Waals surface area contributed by atoms with Gasteiger partial charge in [-0.1, -0.05) is 38.0 Å². The van der Waals surface area contributed by atoms with Gasteiger partial charge in [-0.15, -0.1) is 6.42 Å². The number of alkyl halides is 1. The molecule has 1 saturated heterocycles. The summed E-state index contributed by atoms with van der Waals surface area (Å²) in [5.41, 5.74) is 4.13. The van der Waals surface area contributed by atoms with Crippen molar-refractivity contribution in [3.63, 3.8) is 0 Å². The highest BCUT2D eigenvalue weighted by molar-refractivity contribution is 7.52. The van der Waals surface area contributed by atoms with Crippen molar-refractivity contribution < 1.29 is 38.8 Å². The molecule has 1 aliphatic rings. The molecule has 2 unspecified atom stereocenters. The van der Waals surface area contributed by atoms with Gasteiger partial charge in [0.15, 0.2) is 11.9 Å². The van der Waals surface area contributed by atoms with E-state index in [-0.39, 0.29) is 24.6 Å². The predicted molar refractivity (Wildman–Crippen MR) is 146 cm³/mol. The number of methoxy groups -OCH3 is 1. The Morgan fingerprint density at radius 2 is 2.10 bits per heavy atom. The van der Waals surface area contributed by atoms with Gasteiger partial charge >= 0.3 is 13.7 Å². The minimum atomic E-state index is -4.31. The number of carbonyl (C=O) groups excluding carboxylic acids is 1. The van der Waals surface area contributed by atoms with Crippen molar-refractivity contribution in [2.24, 2.45) is 5.92 Å². The Kier molecular flexibility index (Phi) is 8.49. The molecule has 4 rings (SSSR count). The number of nitrogen functional groups attached to an aromatic ring is 1. The van der Waals surface area contributed by atoms with Crippen LogP contribution in [0, 0.1) is 18.3 Å². The van der Waals surface area contributed by atoms with Gasteiger partial charge in [0.05, 0.1) is 24.7 Å². The van der Waals surface area contributed by atoms with E-state index in [1.54, 1.807) is 44.2 Å². The number of nitrogens with zero attached hydrogens (tertiary/aromatic N) is 3. The van der Waals surface area contributed by atoms with Crippen molar-refractivity contribution in [2.45, 2.75) is 50.9 Å². The molecule has 1 aromatic carbocycles. The van der Waals surface area contributed by atoms with E-state index in [0.717, 1.165) is 6.92 Å². The van der Waals surface area contributed by atoms with Crippen molar-refractivity contribution in [1.82, 2.24) is 19.6 Å². The number of rotatable bonds is 10. The molecule has 1 aliphatic heterocycles. The maximum Gasteiger partial charge on any atom is 0.459 e. The van der Waals surface area contributed by atoms with Crippen molar-refractivity contribution in [1.29, 1.82) is 0 Å². The van der Waals surface area contributed by atoms with Crippen molar-refractivity contribution in [3.8, 4) is 18.1 Å². The van der Waals surface area contributed by atoms with Gasteiger partial charge < -0.3 is 29.4 Å². The zero-order valence-corrected chi connectivity index (χ0v) is 23.2. The number of anilines is 1. The number of aromatic nitrogens is 3. The van der Waals surface area contributed by atoms with Gasteiger partial charge in [0, 0.05) is 7.62 Å². The summed E-state index contributed by atoms with van der Waals surface area (Å²) in [6.07, 6.45) is 3.80. The molecule has 6 atom stereocenters. The molecule has 216 valence electrons. The standard InChI is InChI=1S/C26H31FN5O7P.H2/c1-6-16-12-32(23-19(16)22(28)29-14-30-23)25-26(4,27)21(33)18(38-25)13-37-40(35,39-17-10-8-7-9-11-17)31-20(15(2)3)24(34)36-5;/h1,7-12,14-15,18,20-21,25,33H,13H2,2-5H3,(H,31,35)(H2,28,29,30);1H/t18-,20?,21-,25-,26-,40?;/m1./s1. The van der Waals surface area contributed by atoms with E-state index in [1.807, 2.05) is 0 Å². The number of nitrogens with one attached hydrogen (secondary N) is 1. The van der Waals surface area contributed by atoms with Crippen molar-refractivity contribution >= 4 is 30.6 Å². The van der Waals surface area contributed by atoms with E-state index in [4.69, 9.17) is 30.7 Å². The number of halogens is 1. The Hall–Kier alpha value is -3.53. The summed E-state index contributed by atoms with van der Waals surface area (Å²) < 4.78 is 53.3. The second kappa shape index (κ2) is 11.5. The fraction of sp³-hybridized carbons (Fsp3) is 0.423. The smallest absolute Gasteiger partial charge is 0.459 e. The van der Waals surface area contributed by atoms with Gasteiger partial charge in [0.1, 0.15) is 41.8 Å². The van der Waals surface area contributed by atoms with E-state index in [1.165, 1.54) is 24.2 Å². The average Bonchev–Trinajstić information content (AvgIpc) is 3.41. The maximum atomic E-state index is 16.0. The molecule has 14 heteroatoms. The second-order valence-electron chi connectivity index (χ2n) is 9.75. The van der Waals surface area contributed by atoms with Crippen LogP contribution in [0.3, 0.4) is 0 Å². The number of carbonyl (C=O) groups is 1. The quantitative estimate of drug-likeness (QED) is 0.184. The Labute approximate surface area is 232 Å². The molecule has 40 heavy (non-hydrogen) atoms. The lowest BCUT2D eigenvalue weighted by molar-refractivity contribution is -0.143. The number of aliphatic hydroxyl groups is 1. The summed E-state index contributed by atoms with van der Waals surface area (Å²) >= 11 is 0. The van der Waals surface area contributed by atoms with Crippen LogP contribution in [-0.4, -0.2) is 63.2 Å². The summed E-state index contributed by atoms with van der Waals surface area (Å²) in [5.74, 6) is 1.71. The summed E-state index contributed by atoms with van der Waals surface area (Å²) in [5, 5.41) is 13.9. The van der Waals surface area contributed by atoms with Crippen LogP contribution >= 0.6 is 7.75 Å². The van der Waals surface area contributed by atoms with Crippen molar-refractivity contribution in [2.75, 3.05) is 19.5 Å². The number of hydrogen-bond acceptors (Lipinski definition) is 10. The minimum absolute atomic E-state index is 0. The number of nitrogens with two attached hydrogens (primary N) is 1. The van der Waals surface area contributed by atoms with Crippen LogP contribution in [0.15, 0.2) is 42.9 Å². The normalized spacial score (nSPS) is 24.9. The summed E-state index contributed by atoms with van der Waals surface area (Å²) in [6.45, 7) is 4.01. The number of ether oxygens (including phenoxy) is 2. The number of hydrogen-bond donors (Lipinski definition) is 3. The number of terminal acetylenes is 1. The Morgan fingerprint density at radius 1 is 1.40 bits per heavy atom. The van der Waals surface area contributed by atoms with Gasteiger partial charge in [0.25, 0.3) is 0 Å². The van der Waals surface area contributed by atoms with Crippen LogP contribution in [0.2, 0.25) is 0 Å². The SMILES string of the molecule is C#Cc1cn([C@@H]2O[C@H](COP(=O)(NC(C(=O)OC)C(C)C)Oc3ccccc3)[C@@H](O)[C@@]2(C)F)c2ncnc(N)c12.[HH]. The highest BCUT2D eigenvalue weighted by Gasteiger charge is 2.56. The van der Waals surface area contributed by atoms with Gasteiger partial charge in [-0.3, -0.25) is 9.32 Å². The molecule has 0 bridgehead atoms. The highest BCUT2D eigenvalue weighted by Crippen LogP contribution is 2.48. The van der Waals surface area contributed by atoms with Gasteiger partial charge in [0.2, 0.25) is 0 Å². The van der Waals surface area contributed by atoms with E-state index in [0.29, 0.717) is 10.9 Å². The molecule has 3 aromatic rings. The first-order valence-corrected chi connectivity index (χ1v) is 13.9. The van der Waals surface area contributed by atoms with E-state index in [9.17, 15) is 14.5 Å². The fourth-order valence-electron chi connectivity index (χ4n) is 4.40. The molecule has 12 nitrogen and oxygen atoms in total. The van der Waals surface area contributed by atoms with Gasteiger partial charge in [-0.2, -0.15) is 5.09 Å². The molecule has 3 heterocycles. The lowest BCUT2D eigenvalue weighted by Gasteiger charge is -2.27. The predicted octanol–water partition coefficient (Wildman–Crippen LogP) is 3.22. The van der Waals surface area contributed by atoms with Gasteiger partial charge in [-0.25, -0.2) is 18.9 Å². The zero-order chi connectivity index (χ0) is 29.2. The largest absolute Gasteiger partial charge is 0.468 e. The number of esters is 1. The number of benzene rings is 1. The Morgan fingerprint density at radius 3 is 2.73 bits per heavy atom. The third-order valence-electron chi connectivity index (χ3n) is 6.56. The summed E-state index contributed by atoms with van der Waals surface area (Å²) in [6, 6.07) is 7.08. The lowest BCUT2D eigenvalue weighted by atomic mass is 9.98. The summed E-state index contributed by atoms with van der Waals surface area (Å²) in [4.78, 5) is 20.5. The second-order valence-corrected chi connectivity index (χ2v) is 11.4. The fourth-order valence-corrected chi connectivity index (χ4v) is 6.07. The maximum absolute atomic E-state index is 16.0. The monoisotopic (exact) mass is 577 g/mol. The minimum Gasteiger partial charge on any atom is -0.468 e. The lowest BCUT2D eigenvalue weighted by Crippen LogP contribution is -2.43. The van der Waals surface area contributed by atoms with Gasteiger partial charge in [-0.05, 0) is 25.0 Å². The van der Waals surface area contributed by atoms with Crippen LogP contribution in [-0.2, 0) is 23.4 Å². The van der Waals surface area contributed by atoms with Crippen molar-refractivity contribution in [3.05, 3.63) is 48.4 Å². The molecular formula is C26H33FN5O7P. The van der Waals surface area contributed by atoms with E-state index >= 15 is 4.39 Å². The number of fused-ring (bicyclic) bond motifs is 1. The molecule has 0 saturated carbocycles. The zero-order valence-electron chi connectivity index (χ0n) is 22.4. The Balaban J connectivity index is 0.00000462. The van der Waals surface area contributed by atoms with E-state index in [2.05, 4.69) is 21.0 Å². The molecular weight excluding hydrogens is 544 g/mol. The molecule has 0 aliphatic carbocycles. The molecule has 4 N–H and O–H groups in total. The molecule has 1 fully saturated rings. The first-order valence-electron chi connectivity index (χ1n) is 12.4. The van der Waals surface area contributed by atoms with Crippen LogP contribution in [0.4, 0.5) is 10.2 Å².